The highest BCUT2D eigenvalue weighted by atomic mass is 127. The van der Waals surface area contributed by atoms with Crippen LogP contribution in [-0.4, -0.2) is 16.7 Å². The smallest absolute Gasteiger partial charge is 0.350 e. The molecule has 0 saturated carbocycles. The molecule has 66 valence electrons. The fourth-order valence-electron chi connectivity index (χ4n) is 0.792. The van der Waals surface area contributed by atoms with Crippen LogP contribution in [0.4, 0.5) is 0 Å². The Kier molecular flexibility index (Phi) is 2.71. The van der Waals surface area contributed by atoms with Crippen LogP contribution in [0.25, 0.3) is 0 Å². The van der Waals surface area contributed by atoms with E-state index in [1.54, 1.807) is 7.05 Å². The minimum absolute atomic E-state index is 0.287. The van der Waals surface area contributed by atoms with Crippen LogP contribution >= 0.6 is 22.6 Å². The van der Waals surface area contributed by atoms with Crippen molar-refractivity contribution in [3.05, 3.63) is 19.7 Å². The lowest BCUT2D eigenvalue weighted by Gasteiger charge is -2.07. The van der Waals surface area contributed by atoms with Crippen molar-refractivity contribution < 1.29 is 4.74 Å². The molecule has 1 aromatic heterocycles. The molecule has 1 rings (SSSR count). The first-order valence-electron chi connectivity index (χ1n) is 3.35. The van der Waals surface area contributed by atoms with E-state index >= 15 is 0 Å². The van der Waals surface area contributed by atoms with Crippen LogP contribution in [0.2, 0.25) is 0 Å². The van der Waals surface area contributed by atoms with E-state index in [-0.39, 0.29) is 5.69 Å². The van der Waals surface area contributed by atoms with Gasteiger partial charge in [-0.05, 0) is 29.5 Å². The van der Waals surface area contributed by atoms with Crippen LogP contribution in [0.1, 0.15) is 5.69 Å². The van der Waals surface area contributed by atoms with Gasteiger partial charge in [0.2, 0.25) is 5.88 Å². The Morgan fingerprint density at radius 2 is 2.17 bits per heavy atom. The molecule has 0 N–H and O–H groups in total. The zero-order valence-corrected chi connectivity index (χ0v) is 9.25. The topological polar surface area (TPSA) is 44.1 Å². The molecule has 0 radical (unpaired) electrons. The lowest BCUT2D eigenvalue weighted by Crippen LogP contribution is -2.23. The molecule has 0 bridgehead atoms. The number of aromatic nitrogens is 2. The number of nitrogens with zero attached hydrogens (tertiary/aromatic N) is 2. The Balaban J connectivity index is 3.50. The third-order valence-electron chi connectivity index (χ3n) is 1.69. The monoisotopic (exact) mass is 280 g/mol. The SMILES string of the molecule is COc1nc(=O)n(C)c(C)c1I. The Labute approximate surface area is 83.7 Å². The molecule has 0 spiro atoms. The Morgan fingerprint density at radius 3 is 2.67 bits per heavy atom. The van der Waals surface area contributed by atoms with E-state index in [2.05, 4.69) is 27.6 Å². The van der Waals surface area contributed by atoms with Crippen LogP contribution in [0.5, 0.6) is 5.88 Å². The van der Waals surface area contributed by atoms with E-state index in [1.807, 2.05) is 6.92 Å². The lowest BCUT2D eigenvalue weighted by atomic mass is 10.4. The fourth-order valence-corrected chi connectivity index (χ4v) is 1.49. The van der Waals surface area contributed by atoms with E-state index in [0.717, 1.165) is 9.26 Å². The highest BCUT2D eigenvalue weighted by Gasteiger charge is 2.08. The van der Waals surface area contributed by atoms with Gasteiger partial charge in [-0.25, -0.2) is 4.79 Å². The molecule has 0 aliphatic rings. The van der Waals surface area contributed by atoms with Gasteiger partial charge in [0.05, 0.1) is 10.7 Å². The maximum atomic E-state index is 11.1. The molecule has 5 heteroatoms. The molecule has 0 unspecified atom stereocenters. The van der Waals surface area contributed by atoms with Crippen molar-refractivity contribution in [1.29, 1.82) is 0 Å². The van der Waals surface area contributed by atoms with Gasteiger partial charge in [0.15, 0.2) is 0 Å². The summed E-state index contributed by atoms with van der Waals surface area (Å²) in [5, 5.41) is 0. The summed E-state index contributed by atoms with van der Waals surface area (Å²) in [4.78, 5) is 14.9. The molecule has 0 saturated heterocycles. The summed E-state index contributed by atoms with van der Waals surface area (Å²) >= 11 is 2.10. The molecule has 0 fully saturated rings. The van der Waals surface area contributed by atoms with Gasteiger partial charge in [0.1, 0.15) is 0 Å². The van der Waals surface area contributed by atoms with Crippen LogP contribution in [-0.2, 0) is 7.05 Å². The van der Waals surface area contributed by atoms with Crippen molar-refractivity contribution in [3.8, 4) is 5.88 Å². The molecule has 1 aromatic rings. The quantitative estimate of drug-likeness (QED) is 0.711. The van der Waals surface area contributed by atoms with Gasteiger partial charge in [-0.15, -0.1) is 0 Å². The summed E-state index contributed by atoms with van der Waals surface area (Å²) in [5.74, 6) is 0.399. The van der Waals surface area contributed by atoms with Crippen molar-refractivity contribution in [3.63, 3.8) is 0 Å². The van der Waals surface area contributed by atoms with Crippen molar-refractivity contribution >= 4 is 22.6 Å². The molecular formula is C7H9IN2O2. The van der Waals surface area contributed by atoms with Crippen molar-refractivity contribution in [1.82, 2.24) is 9.55 Å². The third kappa shape index (κ3) is 1.45. The second-order valence-electron chi connectivity index (χ2n) is 2.36. The fraction of sp³-hybridized carbons (Fsp3) is 0.429. The number of ether oxygens (including phenoxy) is 1. The van der Waals surface area contributed by atoms with Gasteiger partial charge in [0, 0.05) is 12.7 Å². The molecule has 1 heterocycles. The Bertz CT molecular complexity index is 359. The van der Waals surface area contributed by atoms with E-state index < -0.39 is 0 Å². The number of rotatable bonds is 1. The third-order valence-corrected chi connectivity index (χ3v) is 2.93. The molecule has 0 atom stereocenters. The highest BCUT2D eigenvalue weighted by molar-refractivity contribution is 14.1. The number of hydrogen-bond donors (Lipinski definition) is 0. The normalized spacial score (nSPS) is 10.0. The molecular weight excluding hydrogens is 271 g/mol. The van der Waals surface area contributed by atoms with Crippen LogP contribution in [0.3, 0.4) is 0 Å². The molecule has 4 nitrogen and oxygen atoms in total. The summed E-state index contributed by atoms with van der Waals surface area (Å²) in [5.41, 5.74) is 0.581. The number of halogens is 1. The Hall–Kier alpha value is -0.590. The first-order chi connectivity index (χ1) is 5.57. The van der Waals surface area contributed by atoms with E-state index in [1.165, 1.54) is 11.7 Å². The van der Waals surface area contributed by atoms with Crippen molar-refractivity contribution in [2.45, 2.75) is 6.92 Å². The maximum Gasteiger partial charge on any atom is 0.350 e. The van der Waals surface area contributed by atoms with Crippen molar-refractivity contribution in [2.75, 3.05) is 7.11 Å². The Morgan fingerprint density at radius 1 is 1.58 bits per heavy atom. The number of methoxy groups -OCH3 is 1. The van der Waals surface area contributed by atoms with E-state index in [4.69, 9.17) is 4.74 Å². The molecule has 0 amide bonds. The van der Waals surface area contributed by atoms with Gasteiger partial charge >= 0.3 is 5.69 Å². The second-order valence-corrected chi connectivity index (χ2v) is 3.44. The van der Waals surface area contributed by atoms with Crippen LogP contribution < -0.4 is 10.4 Å². The van der Waals surface area contributed by atoms with Crippen molar-refractivity contribution in [2.24, 2.45) is 7.05 Å². The van der Waals surface area contributed by atoms with Gasteiger partial charge in [0.25, 0.3) is 0 Å². The standard InChI is InChI=1S/C7H9IN2O2/c1-4-5(8)6(12-3)9-7(11)10(4)2/h1-3H3. The largest absolute Gasteiger partial charge is 0.480 e. The van der Waals surface area contributed by atoms with Crippen LogP contribution in [0.15, 0.2) is 4.79 Å². The predicted octanol–water partition coefficient (Wildman–Crippen LogP) is 0.702. The first kappa shape index (κ1) is 9.50. The molecule has 0 aliphatic carbocycles. The summed E-state index contributed by atoms with van der Waals surface area (Å²) < 4.78 is 7.29. The van der Waals surface area contributed by atoms with E-state index in [9.17, 15) is 4.79 Å². The lowest BCUT2D eigenvalue weighted by molar-refractivity contribution is 0.388. The van der Waals surface area contributed by atoms with Crippen LogP contribution in [0, 0.1) is 10.5 Å². The minimum atomic E-state index is -0.287. The summed E-state index contributed by atoms with van der Waals surface area (Å²) in [6.45, 7) is 1.85. The zero-order valence-electron chi connectivity index (χ0n) is 7.09. The van der Waals surface area contributed by atoms with Gasteiger partial charge < -0.3 is 4.74 Å². The zero-order chi connectivity index (χ0) is 9.30. The van der Waals surface area contributed by atoms with Gasteiger partial charge in [-0.1, -0.05) is 0 Å². The number of hydrogen-bond acceptors (Lipinski definition) is 3. The molecule has 0 aromatic carbocycles. The highest BCUT2D eigenvalue weighted by Crippen LogP contribution is 2.17. The second kappa shape index (κ2) is 3.42. The molecule has 0 aliphatic heterocycles. The summed E-state index contributed by atoms with van der Waals surface area (Å²) in [6, 6.07) is 0. The molecule has 12 heavy (non-hydrogen) atoms. The first-order valence-corrected chi connectivity index (χ1v) is 4.43. The van der Waals surface area contributed by atoms with Gasteiger partial charge in [-0.2, -0.15) is 4.98 Å². The van der Waals surface area contributed by atoms with Gasteiger partial charge in [-0.3, -0.25) is 4.57 Å². The summed E-state index contributed by atoms with van der Waals surface area (Å²) in [7, 11) is 3.19. The average molecular weight is 280 g/mol. The maximum absolute atomic E-state index is 11.1. The average Bonchev–Trinajstić information content (AvgIpc) is 2.08. The predicted molar refractivity (Wildman–Crippen MR) is 53.5 cm³/mol. The summed E-state index contributed by atoms with van der Waals surface area (Å²) in [6.07, 6.45) is 0. The van der Waals surface area contributed by atoms with E-state index in [0.29, 0.717) is 5.88 Å². The minimum Gasteiger partial charge on any atom is -0.480 e.